The van der Waals surface area contributed by atoms with Gasteiger partial charge in [0, 0.05) is 18.0 Å². The summed E-state index contributed by atoms with van der Waals surface area (Å²) in [4.78, 5) is 22.8. The lowest BCUT2D eigenvalue weighted by Crippen LogP contribution is -2.42. The third-order valence-electron chi connectivity index (χ3n) is 3.18. The second kappa shape index (κ2) is 7.29. The van der Waals surface area contributed by atoms with Gasteiger partial charge in [0.05, 0.1) is 5.41 Å². The first-order valence-electron chi connectivity index (χ1n) is 6.62. The van der Waals surface area contributed by atoms with E-state index in [1.165, 1.54) is 0 Å². The van der Waals surface area contributed by atoms with Crippen LogP contribution in [0.25, 0.3) is 0 Å². The quantitative estimate of drug-likeness (QED) is 0.810. The van der Waals surface area contributed by atoms with E-state index in [2.05, 4.69) is 5.32 Å². The average molecular weight is 297 g/mol. The molecule has 0 aliphatic heterocycles. The molecule has 0 saturated heterocycles. The minimum Gasteiger partial charge on any atom is -0.369 e. The van der Waals surface area contributed by atoms with E-state index in [0.717, 1.165) is 18.4 Å². The Bertz CT molecular complexity index is 469. The van der Waals surface area contributed by atoms with Crippen molar-refractivity contribution in [2.45, 2.75) is 33.1 Å². The molecule has 0 unspecified atom stereocenters. The van der Waals surface area contributed by atoms with Gasteiger partial charge in [-0.3, -0.25) is 9.59 Å². The molecule has 0 aliphatic carbocycles. The first kappa shape index (κ1) is 16.5. The Balaban J connectivity index is 2.27. The van der Waals surface area contributed by atoms with Crippen molar-refractivity contribution in [1.82, 2.24) is 5.32 Å². The number of benzene rings is 1. The first-order chi connectivity index (χ1) is 9.31. The SMILES string of the molecule is CC(C)(CNC(=O)CCCc1ccc(Cl)cc1)C(N)=O. The second-order valence-corrected chi connectivity index (χ2v) is 5.94. The molecule has 0 spiro atoms. The number of aryl methyl sites for hydroxylation is 1. The summed E-state index contributed by atoms with van der Waals surface area (Å²) < 4.78 is 0. The topological polar surface area (TPSA) is 72.2 Å². The molecular formula is C15H21ClN2O2. The normalized spacial score (nSPS) is 11.2. The largest absolute Gasteiger partial charge is 0.369 e. The number of carbonyl (C=O) groups is 2. The van der Waals surface area contributed by atoms with E-state index >= 15 is 0 Å². The van der Waals surface area contributed by atoms with Gasteiger partial charge in [0.2, 0.25) is 11.8 Å². The number of amides is 2. The number of nitrogens with two attached hydrogens (primary N) is 1. The fourth-order valence-corrected chi connectivity index (χ4v) is 1.73. The Kier molecular flexibility index (Phi) is 6.02. The minimum absolute atomic E-state index is 0.0618. The van der Waals surface area contributed by atoms with Crippen molar-refractivity contribution in [3.8, 4) is 0 Å². The van der Waals surface area contributed by atoms with Crippen LogP contribution in [0.3, 0.4) is 0 Å². The van der Waals surface area contributed by atoms with Crippen LogP contribution in [0.1, 0.15) is 32.3 Å². The van der Waals surface area contributed by atoms with Crippen molar-refractivity contribution >= 4 is 23.4 Å². The molecule has 4 nitrogen and oxygen atoms in total. The third kappa shape index (κ3) is 5.61. The van der Waals surface area contributed by atoms with Crippen LogP contribution in [0, 0.1) is 5.41 Å². The average Bonchev–Trinajstić information content (AvgIpc) is 2.39. The number of halogens is 1. The number of primary amides is 1. The Labute approximate surface area is 124 Å². The Morgan fingerprint density at radius 3 is 2.40 bits per heavy atom. The van der Waals surface area contributed by atoms with Crippen LogP contribution in [0.4, 0.5) is 0 Å². The van der Waals surface area contributed by atoms with Crippen molar-refractivity contribution in [2.24, 2.45) is 11.1 Å². The summed E-state index contributed by atoms with van der Waals surface area (Å²) >= 11 is 5.80. The summed E-state index contributed by atoms with van der Waals surface area (Å²) in [6.45, 7) is 3.69. The highest BCUT2D eigenvalue weighted by Crippen LogP contribution is 2.13. The zero-order valence-electron chi connectivity index (χ0n) is 11.9. The zero-order valence-corrected chi connectivity index (χ0v) is 12.7. The van der Waals surface area contributed by atoms with Gasteiger partial charge >= 0.3 is 0 Å². The predicted octanol–water partition coefficient (Wildman–Crippen LogP) is 2.29. The van der Waals surface area contributed by atoms with Gasteiger partial charge in [-0.05, 0) is 44.4 Å². The Morgan fingerprint density at radius 2 is 1.85 bits per heavy atom. The fraction of sp³-hybridized carbons (Fsp3) is 0.467. The van der Waals surface area contributed by atoms with E-state index in [0.29, 0.717) is 11.4 Å². The molecule has 1 rings (SSSR count). The lowest BCUT2D eigenvalue weighted by molar-refractivity contribution is -0.127. The highest BCUT2D eigenvalue weighted by Gasteiger charge is 2.25. The minimum atomic E-state index is -0.716. The van der Waals surface area contributed by atoms with Crippen molar-refractivity contribution in [2.75, 3.05) is 6.54 Å². The maximum Gasteiger partial charge on any atom is 0.224 e. The molecule has 0 atom stereocenters. The summed E-state index contributed by atoms with van der Waals surface area (Å²) in [5.41, 5.74) is 5.68. The molecule has 0 saturated carbocycles. The Morgan fingerprint density at radius 1 is 1.25 bits per heavy atom. The van der Waals surface area contributed by atoms with Gasteiger partial charge in [0.25, 0.3) is 0 Å². The van der Waals surface area contributed by atoms with Gasteiger partial charge in [0.1, 0.15) is 0 Å². The molecule has 3 N–H and O–H groups in total. The highest BCUT2D eigenvalue weighted by atomic mass is 35.5. The molecule has 0 fully saturated rings. The van der Waals surface area contributed by atoms with Crippen LogP contribution in [0.5, 0.6) is 0 Å². The van der Waals surface area contributed by atoms with Gasteiger partial charge in [0.15, 0.2) is 0 Å². The molecule has 0 heterocycles. The summed E-state index contributed by atoms with van der Waals surface area (Å²) in [5.74, 6) is -0.479. The van der Waals surface area contributed by atoms with Crippen LogP contribution in [-0.2, 0) is 16.0 Å². The predicted molar refractivity (Wildman–Crippen MR) is 80.4 cm³/mol. The summed E-state index contributed by atoms with van der Waals surface area (Å²) in [5, 5.41) is 3.45. The molecule has 0 bridgehead atoms. The highest BCUT2D eigenvalue weighted by molar-refractivity contribution is 6.30. The van der Waals surface area contributed by atoms with Crippen molar-refractivity contribution in [3.63, 3.8) is 0 Å². The molecule has 0 radical (unpaired) electrons. The molecule has 5 heteroatoms. The van der Waals surface area contributed by atoms with Crippen LogP contribution in [0.2, 0.25) is 5.02 Å². The van der Waals surface area contributed by atoms with Crippen LogP contribution < -0.4 is 11.1 Å². The second-order valence-electron chi connectivity index (χ2n) is 5.50. The maximum absolute atomic E-state index is 11.7. The lowest BCUT2D eigenvalue weighted by Gasteiger charge is -2.20. The van der Waals surface area contributed by atoms with Gasteiger partial charge in [-0.25, -0.2) is 0 Å². The molecule has 0 aliphatic rings. The number of carbonyl (C=O) groups excluding carboxylic acids is 2. The number of nitrogens with one attached hydrogen (secondary N) is 1. The molecule has 2 amide bonds. The third-order valence-corrected chi connectivity index (χ3v) is 3.43. The van der Waals surface area contributed by atoms with Gasteiger partial charge in [-0.2, -0.15) is 0 Å². The maximum atomic E-state index is 11.7. The van der Waals surface area contributed by atoms with E-state index in [4.69, 9.17) is 17.3 Å². The molecule has 0 aromatic heterocycles. The molecule has 1 aromatic carbocycles. The monoisotopic (exact) mass is 296 g/mol. The van der Waals surface area contributed by atoms with E-state index in [9.17, 15) is 9.59 Å². The molecule has 1 aromatic rings. The van der Waals surface area contributed by atoms with E-state index in [-0.39, 0.29) is 12.5 Å². The van der Waals surface area contributed by atoms with Crippen molar-refractivity contribution in [1.29, 1.82) is 0 Å². The summed E-state index contributed by atoms with van der Waals surface area (Å²) in [7, 11) is 0. The molecule has 110 valence electrons. The van der Waals surface area contributed by atoms with E-state index < -0.39 is 11.3 Å². The summed E-state index contributed by atoms with van der Waals surface area (Å²) in [6.07, 6.45) is 2.01. The lowest BCUT2D eigenvalue weighted by atomic mass is 9.93. The summed E-state index contributed by atoms with van der Waals surface area (Å²) in [6, 6.07) is 7.59. The zero-order chi connectivity index (χ0) is 15.2. The van der Waals surface area contributed by atoms with Gasteiger partial charge < -0.3 is 11.1 Å². The standard InChI is InChI=1S/C15H21ClN2O2/c1-15(2,14(17)20)10-18-13(19)5-3-4-11-6-8-12(16)9-7-11/h6-9H,3-5,10H2,1-2H3,(H2,17,20)(H,18,19). The van der Waals surface area contributed by atoms with Crippen molar-refractivity contribution < 1.29 is 9.59 Å². The van der Waals surface area contributed by atoms with Crippen LogP contribution in [0.15, 0.2) is 24.3 Å². The number of hydrogen-bond donors (Lipinski definition) is 2. The van der Waals surface area contributed by atoms with Gasteiger partial charge in [-0.1, -0.05) is 23.7 Å². The molecular weight excluding hydrogens is 276 g/mol. The van der Waals surface area contributed by atoms with E-state index in [1.807, 2.05) is 24.3 Å². The van der Waals surface area contributed by atoms with E-state index in [1.54, 1.807) is 13.8 Å². The van der Waals surface area contributed by atoms with Gasteiger partial charge in [-0.15, -0.1) is 0 Å². The smallest absolute Gasteiger partial charge is 0.224 e. The number of hydrogen-bond acceptors (Lipinski definition) is 2. The first-order valence-corrected chi connectivity index (χ1v) is 7.00. The van der Waals surface area contributed by atoms with Crippen LogP contribution >= 0.6 is 11.6 Å². The molecule has 20 heavy (non-hydrogen) atoms. The number of rotatable bonds is 7. The van der Waals surface area contributed by atoms with Crippen molar-refractivity contribution in [3.05, 3.63) is 34.9 Å². The Hall–Kier alpha value is -1.55. The van der Waals surface area contributed by atoms with Crippen LogP contribution in [-0.4, -0.2) is 18.4 Å². The fourth-order valence-electron chi connectivity index (χ4n) is 1.60.